The van der Waals surface area contributed by atoms with Crippen molar-refractivity contribution in [2.45, 2.75) is 97.1 Å². The summed E-state index contributed by atoms with van der Waals surface area (Å²) in [5.74, 6) is 0.955. The number of fused-ring (bicyclic) bond motifs is 9. The molecule has 3 aliphatic carbocycles. The highest BCUT2D eigenvalue weighted by atomic mass is 16.8. The Bertz CT molecular complexity index is 1250. The molecule has 6 atom stereocenters. The summed E-state index contributed by atoms with van der Waals surface area (Å²) in [5, 5.41) is 9.44. The summed E-state index contributed by atoms with van der Waals surface area (Å²) in [6, 6.07) is 8.74. The Kier molecular flexibility index (Phi) is 6.57. The van der Waals surface area contributed by atoms with Gasteiger partial charge in [-0.05, 0) is 87.0 Å². The highest BCUT2D eigenvalue weighted by Gasteiger charge is 2.66. The van der Waals surface area contributed by atoms with Gasteiger partial charge in [0.25, 0.3) is 0 Å². The normalized spacial score (nSPS) is 36.1. The molecule has 2 N–H and O–H groups in total. The predicted molar refractivity (Wildman–Crippen MR) is 147 cm³/mol. The molecular weight excluding hydrogens is 462 g/mol. The van der Waals surface area contributed by atoms with Crippen molar-refractivity contribution in [2.75, 3.05) is 6.61 Å². The molecule has 5 nitrogen and oxygen atoms in total. The first-order valence-electron chi connectivity index (χ1n) is 14.1. The van der Waals surface area contributed by atoms with E-state index in [2.05, 4.69) is 42.8 Å². The number of H-pyrrole nitrogens is 1. The number of aliphatic hydroxyl groups excluding tert-OH is 1. The van der Waals surface area contributed by atoms with Crippen molar-refractivity contribution in [3.8, 4) is 0 Å². The Morgan fingerprint density at radius 3 is 2.57 bits per heavy atom. The van der Waals surface area contributed by atoms with Gasteiger partial charge in [-0.1, -0.05) is 51.1 Å². The first-order chi connectivity index (χ1) is 17.6. The second-order valence-electron chi connectivity index (χ2n) is 12.2. The number of aromatic nitrogens is 1. The van der Waals surface area contributed by atoms with E-state index in [-0.39, 0.29) is 17.8 Å². The van der Waals surface area contributed by atoms with Crippen molar-refractivity contribution in [1.82, 2.24) is 4.98 Å². The first kappa shape index (κ1) is 26.4. The van der Waals surface area contributed by atoms with Gasteiger partial charge < -0.3 is 19.6 Å². The third-order valence-electron chi connectivity index (χ3n) is 9.43. The van der Waals surface area contributed by atoms with E-state index in [0.717, 1.165) is 30.4 Å². The molecule has 0 amide bonds. The third kappa shape index (κ3) is 3.88. The van der Waals surface area contributed by atoms with Crippen molar-refractivity contribution in [1.29, 1.82) is 0 Å². The maximum atomic E-state index is 13.0. The lowest BCUT2D eigenvalue weighted by Crippen LogP contribution is -2.54. The van der Waals surface area contributed by atoms with Crippen LogP contribution in [-0.4, -0.2) is 40.0 Å². The summed E-state index contributed by atoms with van der Waals surface area (Å²) in [5.41, 5.74) is 5.76. The molecule has 7 rings (SSSR count). The molecule has 6 unspecified atom stereocenters. The number of carbonyl (C=O) groups is 1. The topological polar surface area (TPSA) is 71.5 Å². The average Bonchev–Trinajstić information content (AvgIpc) is 3.49. The molecule has 37 heavy (non-hydrogen) atoms. The lowest BCUT2D eigenvalue weighted by molar-refractivity contribution is -0.199. The molecule has 1 aromatic carbocycles. The third-order valence-corrected chi connectivity index (χ3v) is 9.43. The van der Waals surface area contributed by atoms with Gasteiger partial charge in [0, 0.05) is 28.9 Å². The molecule has 200 valence electrons. The second kappa shape index (κ2) is 9.21. The molecular formula is C32H43NO4. The number of hydrogen-bond acceptors (Lipinski definition) is 4. The number of aromatic amines is 1. The van der Waals surface area contributed by atoms with Crippen molar-refractivity contribution in [2.24, 2.45) is 17.3 Å². The van der Waals surface area contributed by atoms with E-state index in [9.17, 15) is 4.79 Å². The summed E-state index contributed by atoms with van der Waals surface area (Å²) in [6.45, 7) is 15.8. The summed E-state index contributed by atoms with van der Waals surface area (Å²) in [4.78, 5) is 16.8. The van der Waals surface area contributed by atoms with E-state index in [0.29, 0.717) is 17.8 Å². The van der Waals surface area contributed by atoms with Gasteiger partial charge >= 0.3 is 0 Å². The largest absolute Gasteiger partial charge is 0.392 e. The van der Waals surface area contributed by atoms with Gasteiger partial charge in [-0.2, -0.15) is 0 Å². The Labute approximate surface area is 221 Å². The monoisotopic (exact) mass is 505 g/mol. The van der Waals surface area contributed by atoms with Crippen LogP contribution in [0.15, 0.2) is 48.1 Å². The van der Waals surface area contributed by atoms with Gasteiger partial charge in [0.1, 0.15) is 5.60 Å². The van der Waals surface area contributed by atoms with Crippen LogP contribution >= 0.6 is 0 Å². The molecule has 5 aliphatic rings. The number of hydrogen-bond donors (Lipinski definition) is 2. The number of ether oxygens (including phenoxy) is 2. The lowest BCUT2D eigenvalue weighted by atomic mass is 9.50. The predicted octanol–water partition coefficient (Wildman–Crippen LogP) is 6.61. The van der Waals surface area contributed by atoms with Gasteiger partial charge in [-0.25, -0.2) is 0 Å². The maximum Gasteiger partial charge on any atom is 0.193 e. The number of para-hydroxylation sites is 1. The van der Waals surface area contributed by atoms with Crippen LogP contribution in [0.25, 0.3) is 10.9 Å². The Hall–Kier alpha value is -2.21. The molecule has 0 radical (unpaired) electrons. The van der Waals surface area contributed by atoms with Crippen molar-refractivity contribution >= 4 is 16.7 Å². The fourth-order valence-corrected chi connectivity index (χ4v) is 7.98. The highest BCUT2D eigenvalue weighted by Crippen LogP contribution is 2.68. The van der Waals surface area contributed by atoms with Crippen LogP contribution in [0.4, 0.5) is 0 Å². The molecule has 2 bridgehead atoms. The van der Waals surface area contributed by atoms with E-state index in [1.807, 2.05) is 33.8 Å². The number of aliphatic hydroxyl groups is 1. The number of benzene rings is 1. The summed E-state index contributed by atoms with van der Waals surface area (Å²) >= 11 is 0. The van der Waals surface area contributed by atoms with Crippen molar-refractivity contribution in [3.63, 3.8) is 0 Å². The van der Waals surface area contributed by atoms with E-state index >= 15 is 0 Å². The molecule has 1 saturated heterocycles. The lowest BCUT2D eigenvalue weighted by Gasteiger charge is -2.57. The Morgan fingerprint density at radius 2 is 1.86 bits per heavy atom. The van der Waals surface area contributed by atoms with Crippen LogP contribution in [0.1, 0.15) is 84.4 Å². The molecule has 2 aliphatic heterocycles. The highest BCUT2D eigenvalue weighted by molar-refractivity contribution is 5.97. The minimum absolute atomic E-state index is 0.0900. The maximum absolute atomic E-state index is 13.0. The Balaban J connectivity index is 0.000000362. The molecule has 1 spiro atoms. The van der Waals surface area contributed by atoms with Crippen LogP contribution in [0.3, 0.4) is 0 Å². The molecule has 2 aromatic rings. The fourth-order valence-electron chi connectivity index (χ4n) is 7.98. The van der Waals surface area contributed by atoms with Crippen LogP contribution < -0.4 is 0 Å². The molecule has 3 heterocycles. The summed E-state index contributed by atoms with van der Waals surface area (Å²) in [6.07, 6.45) is 6.88. The van der Waals surface area contributed by atoms with E-state index in [1.165, 1.54) is 35.0 Å². The minimum Gasteiger partial charge on any atom is -0.392 e. The Morgan fingerprint density at radius 1 is 1.16 bits per heavy atom. The average molecular weight is 506 g/mol. The van der Waals surface area contributed by atoms with Crippen molar-refractivity contribution < 1.29 is 19.4 Å². The summed E-state index contributed by atoms with van der Waals surface area (Å²) in [7, 11) is 0. The zero-order valence-electron chi connectivity index (χ0n) is 23.3. The minimum atomic E-state index is -0.680. The van der Waals surface area contributed by atoms with E-state index < -0.39 is 17.5 Å². The van der Waals surface area contributed by atoms with Crippen LogP contribution in [-0.2, 0) is 20.7 Å². The fraction of sp³-hybridized carbons (Fsp3) is 0.594. The molecule has 3 fully saturated rings. The van der Waals surface area contributed by atoms with Crippen LogP contribution in [0, 0.1) is 17.3 Å². The molecule has 2 saturated carbocycles. The van der Waals surface area contributed by atoms with Gasteiger partial charge in [0.2, 0.25) is 0 Å². The number of carbonyl (C=O) groups excluding carboxylic acids is 1. The van der Waals surface area contributed by atoms with Crippen LogP contribution in [0.2, 0.25) is 0 Å². The number of ketones is 1. The van der Waals surface area contributed by atoms with E-state index in [4.69, 9.17) is 14.6 Å². The number of nitrogens with one attached hydrogen (secondary N) is 1. The van der Waals surface area contributed by atoms with Gasteiger partial charge in [0.05, 0.1) is 6.61 Å². The van der Waals surface area contributed by atoms with E-state index in [1.54, 1.807) is 6.92 Å². The SMILES string of the molecule is C=C(C)CO.CC.CC1(C)OC23CCC4(C)C(CCC5Cc6c([nH]c7ccccc67)C54)C2=CC(=O)C1O3. The summed E-state index contributed by atoms with van der Waals surface area (Å²) < 4.78 is 12.9. The van der Waals surface area contributed by atoms with Gasteiger partial charge in [-0.3, -0.25) is 4.79 Å². The molecule has 1 aromatic heterocycles. The first-order valence-corrected chi connectivity index (χ1v) is 14.1. The molecule has 5 heteroatoms. The second-order valence-corrected chi connectivity index (χ2v) is 12.2. The zero-order valence-corrected chi connectivity index (χ0v) is 23.3. The quantitative estimate of drug-likeness (QED) is 0.428. The van der Waals surface area contributed by atoms with Crippen molar-refractivity contribution in [3.05, 3.63) is 59.3 Å². The smallest absolute Gasteiger partial charge is 0.193 e. The van der Waals surface area contributed by atoms with Crippen LogP contribution in [0.5, 0.6) is 0 Å². The zero-order chi connectivity index (χ0) is 26.8. The van der Waals surface area contributed by atoms with Gasteiger partial charge in [0.15, 0.2) is 17.7 Å². The number of rotatable bonds is 1. The van der Waals surface area contributed by atoms with Gasteiger partial charge in [-0.15, -0.1) is 0 Å². The standard InChI is InChI=1S/C26H29NO3.C4H8O.C2H6/c1-24(2)23-20(28)13-18-17-9-8-14-12-16-15-6-4-5-7-19(15)27-22(16)21(14)25(17,3)10-11-26(18,29-23)30-24;1-4(2)3-5;1-2/h4-7,13-14,17,21,23,27H,8-12H2,1-3H3;5H,1,3H2,2H3;1-2H3.